The molecule has 3 heteroatoms. The molecule has 0 amide bonds. The van der Waals surface area contributed by atoms with Crippen molar-refractivity contribution in [1.29, 1.82) is 0 Å². The van der Waals surface area contributed by atoms with Gasteiger partial charge in [0.15, 0.2) is 0 Å². The second kappa shape index (κ2) is 5.61. The van der Waals surface area contributed by atoms with Gasteiger partial charge in [-0.1, -0.05) is 19.9 Å². The van der Waals surface area contributed by atoms with Crippen LogP contribution in [-0.4, -0.2) is 23.4 Å². The summed E-state index contributed by atoms with van der Waals surface area (Å²) in [5, 5.41) is 18.3. The largest absolute Gasteiger partial charge is 0.508 e. The van der Waals surface area contributed by atoms with Crippen LogP contribution in [0.2, 0.25) is 0 Å². The number of rotatable bonds is 5. The summed E-state index contributed by atoms with van der Waals surface area (Å²) in [6.07, 6.45) is 0. The number of phenolic OH excluding ortho intramolecular Hbond substituents is 1. The zero-order chi connectivity index (χ0) is 11.3. The molecule has 1 atom stereocenters. The molecule has 0 saturated heterocycles. The molecule has 0 saturated carbocycles. The molecule has 0 spiro atoms. The maximum absolute atomic E-state index is 9.22. The minimum atomic E-state index is 0.122. The average Bonchev–Trinajstić information content (AvgIpc) is 2.18. The third-order valence-corrected chi connectivity index (χ3v) is 2.46. The van der Waals surface area contributed by atoms with Gasteiger partial charge in [-0.15, -0.1) is 0 Å². The molecular formula is C12H18O3. The third kappa shape index (κ3) is 3.80. The first-order valence-electron chi connectivity index (χ1n) is 5.16. The summed E-state index contributed by atoms with van der Waals surface area (Å²) < 4.78 is 5.48. The Morgan fingerprint density at radius 2 is 2.07 bits per heavy atom. The normalized spacial score (nSPS) is 12.8. The zero-order valence-corrected chi connectivity index (χ0v) is 9.18. The van der Waals surface area contributed by atoms with E-state index in [-0.39, 0.29) is 18.3 Å². The number of benzene rings is 1. The topological polar surface area (TPSA) is 49.7 Å². The minimum absolute atomic E-state index is 0.122. The lowest BCUT2D eigenvalue weighted by atomic mass is 9.98. The smallest absolute Gasteiger partial charge is 0.122 e. The second-order valence-corrected chi connectivity index (χ2v) is 4.00. The highest BCUT2D eigenvalue weighted by Crippen LogP contribution is 2.19. The quantitative estimate of drug-likeness (QED) is 0.781. The van der Waals surface area contributed by atoms with Gasteiger partial charge < -0.3 is 14.9 Å². The molecule has 1 rings (SSSR count). The summed E-state index contributed by atoms with van der Waals surface area (Å²) in [4.78, 5) is 0. The lowest BCUT2D eigenvalue weighted by Crippen LogP contribution is -2.21. The number of phenols is 1. The Hall–Kier alpha value is -1.22. The van der Waals surface area contributed by atoms with E-state index in [1.54, 1.807) is 24.3 Å². The lowest BCUT2D eigenvalue weighted by molar-refractivity contribution is 0.130. The zero-order valence-electron chi connectivity index (χ0n) is 9.18. The highest BCUT2D eigenvalue weighted by molar-refractivity contribution is 5.31. The van der Waals surface area contributed by atoms with Crippen LogP contribution in [-0.2, 0) is 0 Å². The molecule has 1 aromatic carbocycles. The van der Waals surface area contributed by atoms with Gasteiger partial charge in [0.25, 0.3) is 0 Å². The number of ether oxygens (including phenoxy) is 1. The SMILES string of the molecule is CC(C)C(CO)COc1cccc(O)c1. The van der Waals surface area contributed by atoms with Crippen LogP contribution in [0.5, 0.6) is 11.5 Å². The first-order valence-corrected chi connectivity index (χ1v) is 5.16. The Labute approximate surface area is 90.3 Å². The van der Waals surface area contributed by atoms with E-state index in [4.69, 9.17) is 9.84 Å². The van der Waals surface area contributed by atoms with Crippen molar-refractivity contribution in [3.05, 3.63) is 24.3 Å². The summed E-state index contributed by atoms with van der Waals surface area (Å²) in [5.41, 5.74) is 0. The van der Waals surface area contributed by atoms with Gasteiger partial charge in [-0.25, -0.2) is 0 Å². The predicted molar refractivity (Wildman–Crippen MR) is 59.0 cm³/mol. The van der Waals surface area contributed by atoms with Crippen LogP contribution in [0.25, 0.3) is 0 Å². The van der Waals surface area contributed by atoms with Crippen molar-refractivity contribution in [3.8, 4) is 11.5 Å². The molecule has 0 aliphatic rings. The van der Waals surface area contributed by atoms with Crippen LogP contribution < -0.4 is 4.74 Å². The van der Waals surface area contributed by atoms with Crippen LogP contribution in [0.4, 0.5) is 0 Å². The number of aliphatic hydroxyl groups is 1. The third-order valence-electron chi connectivity index (χ3n) is 2.46. The lowest BCUT2D eigenvalue weighted by Gasteiger charge is -2.18. The van der Waals surface area contributed by atoms with E-state index in [9.17, 15) is 5.11 Å². The highest BCUT2D eigenvalue weighted by atomic mass is 16.5. The number of hydrogen-bond donors (Lipinski definition) is 2. The molecule has 0 aliphatic carbocycles. The van der Waals surface area contributed by atoms with Gasteiger partial charge in [-0.05, 0) is 18.1 Å². The standard InChI is InChI=1S/C12H18O3/c1-9(2)10(7-13)8-15-12-5-3-4-11(14)6-12/h3-6,9-10,13-14H,7-8H2,1-2H3. The summed E-state index contributed by atoms with van der Waals surface area (Å²) in [5.74, 6) is 1.34. The van der Waals surface area contributed by atoms with Gasteiger partial charge in [0.2, 0.25) is 0 Å². The molecule has 1 unspecified atom stereocenters. The molecule has 15 heavy (non-hydrogen) atoms. The maximum atomic E-state index is 9.22. The van der Waals surface area contributed by atoms with Crippen LogP contribution >= 0.6 is 0 Å². The average molecular weight is 210 g/mol. The fraction of sp³-hybridized carbons (Fsp3) is 0.500. The molecule has 2 N–H and O–H groups in total. The van der Waals surface area contributed by atoms with Crippen LogP contribution in [0, 0.1) is 11.8 Å². The Balaban J connectivity index is 2.49. The number of aliphatic hydroxyl groups excluding tert-OH is 1. The van der Waals surface area contributed by atoms with Crippen molar-refractivity contribution < 1.29 is 14.9 Å². The number of aromatic hydroxyl groups is 1. The first kappa shape index (κ1) is 11.9. The van der Waals surface area contributed by atoms with E-state index < -0.39 is 0 Å². The molecule has 0 aromatic heterocycles. The summed E-state index contributed by atoms with van der Waals surface area (Å²) in [6, 6.07) is 6.68. The molecule has 0 fully saturated rings. The highest BCUT2D eigenvalue weighted by Gasteiger charge is 2.12. The Kier molecular flexibility index (Phi) is 4.43. The van der Waals surface area contributed by atoms with E-state index in [2.05, 4.69) is 0 Å². The van der Waals surface area contributed by atoms with Crippen LogP contribution in [0.15, 0.2) is 24.3 Å². The van der Waals surface area contributed by atoms with Crippen molar-refractivity contribution in [2.24, 2.45) is 11.8 Å². The maximum Gasteiger partial charge on any atom is 0.122 e. The fourth-order valence-electron chi connectivity index (χ4n) is 1.23. The molecule has 0 aliphatic heterocycles. The number of hydrogen-bond acceptors (Lipinski definition) is 3. The van der Waals surface area contributed by atoms with Gasteiger partial charge in [0.05, 0.1) is 6.61 Å². The summed E-state index contributed by atoms with van der Waals surface area (Å²) in [6.45, 7) is 4.69. The van der Waals surface area contributed by atoms with E-state index >= 15 is 0 Å². The monoisotopic (exact) mass is 210 g/mol. The fourth-order valence-corrected chi connectivity index (χ4v) is 1.23. The van der Waals surface area contributed by atoms with Crippen molar-refractivity contribution in [1.82, 2.24) is 0 Å². The van der Waals surface area contributed by atoms with Crippen LogP contribution in [0.1, 0.15) is 13.8 Å². The molecular weight excluding hydrogens is 192 g/mol. The molecule has 0 bridgehead atoms. The van der Waals surface area contributed by atoms with Gasteiger partial charge >= 0.3 is 0 Å². The summed E-state index contributed by atoms with van der Waals surface area (Å²) in [7, 11) is 0. The summed E-state index contributed by atoms with van der Waals surface area (Å²) >= 11 is 0. The van der Waals surface area contributed by atoms with Crippen molar-refractivity contribution in [3.63, 3.8) is 0 Å². The van der Waals surface area contributed by atoms with Gasteiger partial charge in [0.1, 0.15) is 11.5 Å². The second-order valence-electron chi connectivity index (χ2n) is 4.00. The van der Waals surface area contributed by atoms with E-state index in [1.807, 2.05) is 13.8 Å². The van der Waals surface area contributed by atoms with E-state index in [0.717, 1.165) is 0 Å². The van der Waals surface area contributed by atoms with Gasteiger partial charge in [-0.3, -0.25) is 0 Å². The molecule has 84 valence electrons. The Bertz CT molecular complexity index is 297. The van der Waals surface area contributed by atoms with E-state index in [1.165, 1.54) is 0 Å². The predicted octanol–water partition coefficient (Wildman–Crippen LogP) is 2.04. The Morgan fingerprint density at radius 3 is 2.60 bits per heavy atom. The van der Waals surface area contributed by atoms with Crippen molar-refractivity contribution >= 4 is 0 Å². The molecule has 0 radical (unpaired) electrons. The van der Waals surface area contributed by atoms with Crippen LogP contribution in [0.3, 0.4) is 0 Å². The van der Waals surface area contributed by atoms with Crippen molar-refractivity contribution in [2.45, 2.75) is 13.8 Å². The minimum Gasteiger partial charge on any atom is -0.508 e. The first-order chi connectivity index (χ1) is 7.13. The van der Waals surface area contributed by atoms with Crippen molar-refractivity contribution in [2.75, 3.05) is 13.2 Å². The van der Waals surface area contributed by atoms with Gasteiger partial charge in [-0.2, -0.15) is 0 Å². The molecule has 0 heterocycles. The molecule has 3 nitrogen and oxygen atoms in total. The Morgan fingerprint density at radius 1 is 1.33 bits per heavy atom. The van der Waals surface area contributed by atoms with E-state index in [0.29, 0.717) is 18.3 Å². The van der Waals surface area contributed by atoms with Gasteiger partial charge in [0, 0.05) is 18.6 Å². The molecule has 1 aromatic rings.